The SMILES string of the molecule is CCNC(COCCC(=O)CO)(COCCC(=O)NO)COCCC(=O)NO. The zero-order valence-electron chi connectivity index (χ0n) is 16.1. The number of ether oxygens (including phenoxy) is 3. The van der Waals surface area contributed by atoms with E-state index in [1.807, 2.05) is 6.92 Å². The molecule has 0 unspecified atom stereocenters. The summed E-state index contributed by atoms with van der Waals surface area (Å²) in [5.41, 5.74) is 2.20. The second kappa shape index (κ2) is 16.3. The molecule has 0 heterocycles. The molecule has 0 aromatic heterocycles. The Bertz CT molecular complexity index is 403. The highest BCUT2D eigenvalue weighted by molar-refractivity contribution is 5.79. The van der Waals surface area contributed by atoms with Crippen molar-refractivity contribution in [3.63, 3.8) is 0 Å². The van der Waals surface area contributed by atoms with Crippen LogP contribution < -0.4 is 16.3 Å². The van der Waals surface area contributed by atoms with E-state index < -0.39 is 24.0 Å². The average Bonchev–Trinajstić information content (AvgIpc) is 2.71. The van der Waals surface area contributed by atoms with Crippen molar-refractivity contribution in [2.75, 3.05) is 52.8 Å². The highest BCUT2D eigenvalue weighted by atomic mass is 16.5. The normalized spacial score (nSPS) is 11.3. The summed E-state index contributed by atoms with van der Waals surface area (Å²) in [5, 5.41) is 28.9. The van der Waals surface area contributed by atoms with Gasteiger partial charge >= 0.3 is 0 Å². The molecule has 0 aromatic carbocycles. The molecule has 0 saturated heterocycles. The van der Waals surface area contributed by atoms with Gasteiger partial charge in [-0.1, -0.05) is 6.92 Å². The van der Waals surface area contributed by atoms with Gasteiger partial charge in [0.05, 0.1) is 58.0 Å². The minimum Gasteiger partial charge on any atom is -0.389 e. The van der Waals surface area contributed by atoms with Crippen molar-refractivity contribution in [2.45, 2.75) is 31.7 Å². The van der Waals surface area contributed by atoms with Crippen LogP contribution in [0.4, 0.5) is 0 Å². The molecule has 0 atom stereocenters. The van der Waals surface area contributed by atoms with Crippen molar-refractivity contribution < 1.29 is 44.1 Å². The van der Waals surface area contributed by atoms with Crippen molar-refractivity contribution in [3.05, 3.63) is 0 Å². The van der Waals surface area contributed by atoms with Crippen LogP contribution in [0.1, 0.15) is 26.2 Å². The van der Waals surface area contributed by atoms with Crippen LogP contribution in [0.15, 0.2) is 0 Å². The summed E-state index contributed by atoms with van der Waals surface area (Å²) in [6, 6.07) is 0. The van der Waals surface area contributed by atoms with E-state index in [-0.39, 0.29) is 64.7 Å². The number of ketones is 1. The second-order valence-corrected chi connectivity index (χ2v) is 5.99. The van der Waals surface area contributed by atoms with Gasteiger partial charge in [-0.05, 0) is 6.54 Å². The van der Waals surface area contributed by atoms with E-state index in [1.165, 1.54) is 11.0 Å². The van der Waals surface area contributed by atoms with Gasteiger partial charge < -0.3 is 24.6 Å². The molecule has 164 valence electrons. The second-order valence-electron chi connectivity index (χ2n) is 5.99. The fraction of sp³-hybridized carbons (Fsp3) is 0.812. The monoisotopic (exact) mass is 409 g/mol. The number of hydrogen-bond acceptors (Lipinski definition) is 10. The highest BCUT2D eigenvalue weighted by Gasteiger charge is 2.31. The van der Waals surface area contributed by atoms with Gasteiger partial charge in [0, 0.05) is 6.42 Å². The zero-order valence-corrected chi connectivity index (χ0v) is 16.1. The van der Waals surface area contributed by atoms with E-state index in [1.54, 1.807) is 0 Å². The van der Waals surface area contributed by atoms with Crippen LogP contribution in [-0.4, -0.2) is 91.5 Å². The van der Waals surface area contributed by atoms with E-state index >= 15 is 0 Å². The third-order valence-corrected chi connectivity index (χ3v) is 3.58. The number of carbonyl (C=O) groups is 3. The lowest BCUT2D eigenvalue weighted by molar-refractivity contribution is -0.130. The molecule has 0 aromatic rings. The van der Waals surface area contributed by atoms with Crippen LogP contribution in [0.2, 0.25) is 0 Å². The lowest BCUT2D eigenvalue weighted by Crippen LogP contribution is -2.56. The minimum atomic E-state index is -0.817. The summed E-state index contributed by atoms with van der Waals surface area (Å²) >= 11 is 0. The Hall–Kier alpha value is -1.67. The first-order valence-corrected chi connectivity index (χ1v) is 8.89. The summed E-state index contributed by atoms with van der Waals surface area (Å²) in [4.78, 5) is 33.3. The van der Waals surface area contributed by atoms with Gasteiger partial charge in [0.15, 0.2) is 5.78 Å². The van der Waals surface area contributed by atoms with Crippen LogP contribution in [-0.2, 0) is 28.6 Å². The molecular weight excluding hydrogens is 378 g/mol. The van der Waals surface area contributed by atoms with E-state index in [0.29, 0.717) is 6.54 Å². The Kier molecular flexibility index (Phi) is 15.3. The van der Waals surface area contributed by atoms with Gasteiger partial charge in [-0.15, -0.1) is 0 Å². The number of aliphatic hydroxyl groups is 1. The van der Waals surface area contributed by atoms with Gasteiger partial charge in [-0.25, -0.2) is 11.0 Å². The molecule has 28 heavy (non-hydrogen) atoms. The number of carbonyl (C=O) groups excluding carboxylic acids is 3. The first kappa shape index (κ1) is 26.3. The summed E-state index contributed by atoms with van der Waals surface area (Å²) < 4.78 is 16.5. The predicted molar refractivity (Wildman–Crippen MR) is 94.7 cm³/mol. The number of hydrogen-bond donors (Lipinski definition) is 6. The third-order valence-electron chi connectivity index (χ3n) is 3.58. The van der Waals surface area contributed by atoms with Crippen molar-refractivity contribution in [2.24, 2.45) is 0 Å². The molecule has 12 nitrogen and oxygen atoms in total. The van der Waals surface area contributed by atoms with E-state index in [0.717, 1.165) is 0 Å². The maximum absolute atomic E-state index is 11.2. The summed E-state index contributed by atoms with van der Waals surface area (Å²) in [7, 11) is 0. The average molecular weight is 409 g/mol. The quantitative estimate of drug-likeness (QED) is 0.0854. The smallest absolute Gasteiger partial charge is 0.245 e. The Labute approximate surface area is 163 Å². The van der Waals surface area contributed by atoms with Crippen LogP contribution >= 0.6 is 0 Å². The minimum absolute atomic E-state index is 0.0396. The number of aliphatic hydroxyl groups excluding tert-OH is 1. The fourth-order valence-corrected chi connectivity index (χ4v) is 2.16. The Balaban J connectivity index is 4.70. The fourth-order valence-electron chi connectivity index (χ4n) is 2.16. The van der Waals surface area contributed by atoms with Gasteiger partial charge in [-0.2, -0.15) is 0 Å². The molecule has 0 rings (SSSR count). The lowest BCUT2D eigenvalue weighted by atomic mass is 10.0. The molecular formula is C16H31N3O9. The molecule has 0 spiro atoms. The molecule has 0 fully saturated rings. The van der Waals surface area contributed by atoms with E-state index in [2.05, 4.69) is 5.32 Å². The lowest BCUT2D eigenvalue weighted by Gasteiger charge is -2.34. The summed E-state index contributed by atoms with van der Waals surface area (Å²) in [6.07, 6.45) is -0.0159. The maximum atomic E-state index is 11.2. The molecule has 2 amide bonds. The molecule has 0 aliphatic carbocycles. The molecule has 0 aliphatic heterocycles. The summed E-state index contributed by atoms with van der Waals surface area (Å²) in [6.45, 7) is 2.37. The van der Waals surface area contributed by atoms with Crippen LogP contribution in [0.5, 0.6) is 0 Å². The molecule has 0 aliphatic rings. The number of amides is 2. The molecule has 12 heteroatoms. The van der Waals surface area contributed by atoms with Gasteiger partial charge in [0.2, 0.25) is 11.8 Å². The van der Waals surface area contributed by atoms with E-state index in [9.17, 15) is 14.4 Å². The number of Topliss-reactive ketones (excluding diaryl/α,β-unsaturated/α-hetero) is 1. The number of nitrogens with one attached hydrogen (secondary N) is 3. The van der Waals surface area contributed by atoms with Gasteiger partial charge in [-0.3, -0.25) is 24.8 Å². The predicted octanol–water partition coefficient (Wildman–Crippen LogP) is -1.87. The topological polar surface area (TPSA) is 176 Å². The van der Waals surface area contributed by atoms with Crippen molar-refractivity contribution in [1.29, 1.82) is 0 Å². The van der Waals surface area contributed by atoms with E-state index in [4.69, 9.17) is 29.7 Å². The summed E-state index contributed by atoms with van der Waals surface area (Å²) in [5.74, 6) is -1.51. The first-order chi connectivity index (χ1) is 13.4. The van der Waals surface area contributed by atoms with Gasteiger partial charge in [0.1, 0.15) is 6.61 Å². The van der Waals surface area contributed by atoms with Crippen LogP contribution in [0.3, 0.4) is 0 Å². The van der Waals surface area contributed by atoms with Crippen molar-refractivity contribution >= 4 is 17.6 Å². The third kappa shape index (κ3) is 12.7. The molecule has 0 bridgehead atoms. The Morgan fingerprint density at radius 3 is 1.61 bits per heavy atom. The molecule has 0 saturated carbocycles. The van der Waals surface area contributed by atoms with Gasteiger partial charge in [0.25, 0.3) is 0 Å². The Morgan fingerprint density at radius 2 is 1.25 bits per heavy atom. The first-order valence-electron chi connectivity index (χ1n) is 8.89. The molecule has 0 radical (unpaired) electrons. The number of rotatable bonds is 18. The highest BCUT2D eigenvalue weighted by Crippen LogP contribution is 2.10. The van der Waals surface area contributed by atoms with Crippen molar-refractivity contribution in [1.82, 2.24) is 16.3 Å². The Morgan fingerprint density at radius 1 is 0.821 bits per heavy atom. The maximum Gasteiger partial charge on any atom is 0.245 e. The van der Waals surface area contributed by atoms with Crippen molar-refractivity contribution in [3.8, 4) is 0 Å². The van der Waals surface area contributed by atoms with Crippen LogP contribution in [0, 0.1) is 0 Å². The standard InChI is InChI=1S/C16H31N3O9/c1-2-17-16(10-26-6-3-13(21)9-20,11-27-7-4-14(22)18-24)12-28-8-5-15(23)19-25/h17,20,24-25H,2-12H2,1H3,(H,18,22)(H,19,23). The zero-order chi connectivity index (χ0) is 21.3. The largest absolute Gasteiger partial charge is 0.389 e. The number of hydroxylamine groups is 2. The number of likely N-dealkylation sites (N-methyl/N-ethyl adjacent to an activating group) is 1. The molecule has 6 N–H and O–H groups in total. The van der Waals surface area contributed by atoms with Crippen LogP contribution in [0.25, 0.3) is 0 Å².